The van der Waals surface area contributed by atoms with E-state index in [-0.39, 0.29) is 24.4 Å². The monoisotopic (exact) mass is 360 g/mol. The molecule has 0 aliphatic rings. The van der Waals surface area contributed by atoms with Crippen molar-refractivity contribution in [2.24, 2.45) is 0 Å². The van der Waals surface area contributed by atoms with E-state index in [0.717, 1.165) is 5.56 Å². The molecule has 26 heavy (non-hydrogen) atoms. The van der Waals surface area contributed by atoms with E-state index in [9.17, 15) is 25.1 Å². The second-order valence-corrected chi connectivity index (χ2v) is 5.77. The van der Waals surface area contributed by atoms with Gasteiger partial charge in [-0.1, -0.05) is 36.4 Å². The normalized spacial score (nSPS) is 12.9. The number of nitro groups is 1. The van der Waals surface area contributed by atoms with Crippen molar-refractivity contribution in [3.63, 3.8) is 0 Å². The molecule has 3 N–H and O–H groups in total. The summed E-state index contributed by atoms with van der Waals surface area (Å²) in [5.74, 6) is 0. The molecule has 1 amide bonds. The van der Waals surface area contributed by atoms with Crippen LogP contribution in [0.4, 0.5) is 10.5 Å². The topological polar surface area (TPSA) is 122 Å². The Labute approximate surface area is 150 Å². The third-order valence-electron chi connectivity index (χ3n) is 3.73. The number of aliphatic hydroxyl groups excluding tert-OH is 2. The predicted molar refractivity (Wildman–Crippen MR) is 93.4 cm³/mol. The zero-order chi connectivity index (χ0) is 19.1. The molecule has 8 nitrogen and oxygen atoms in total. The molecule has 138 valence electrons. The fourth-order valence-electron chi connectivity index (χ4n) is 2.34. The fourth-order valence-corrected chi connectivity index (χ4v) is 2.34. The summed E-state index contributed by atoms with van der Waals surface area (Å²) < 4.78 is 4.99. The number of rotatable bonds is 7. The highest BCUT2D eigenvalue weighted by Gasteiger charge is 2.26. The van der Waals surface area contributed by atoms with Gasteiger partial charge in [-0.3, -0.25) is 10.1 Å². The quantitative estimate of drug-likeness (QED) is 0.514. The third kappa shape index (κ3) is 5.27. The van der Waals surface area contributed by atoms with Crippen molar-refractivity contribution in [1.29, 1.82) is 0 Å². The smallest absolute Gasteiger partial charge is 0.407 e. The van der Waals surface area contributed by atoms with Gasteiger partial charge in [0.1, 0.15) is 18.8 Å². The van der Waals surface area contributed by atoms with Crippen LogP contribution in [-0.2, 0) is 11.3 Å². The van der Waals surface area contributed by atoms with Gasteiger partial charge in [0, 0.05) is 12.6 Å². The van der Waals surface area contributed by atoms with E-state index < -0.39 is 23.2 Å². The number of aliphatic hydroxyl groups is 2. The Kier molecular flexibility index (Phi) is 6.65. The minimum absolute atomic E-state index is 0.0208. The Morgan fingerprint density at radius 1 is 1.23 bits per heavy atom. The van der Waals surface area contributed by atoms with Gasteiger partial charge in [0.15, 0.2) is 0 Å². The number of alkyl carbamates (subject to hydrolysis) is 1. The molecule has 0 heterocycles. The second kappa shape index (κ2) is 8.93. The number of ether oxygens (including phenoxy) is 1. The van der Waals surface area contributed by atoms with Gasteiger partial charge < -0.3 is 20.3 Å². The summed E-state index contributed by atoms with van der Waals surface area (Å²) in [6.45, 7) is 1.43. The van der Waals surface area contributed by atoms with Gasteiger partial charge >= 0.3 is 6.09 Å². The van der Waals surface area contributed by atoms with Crippen molar-refractivity contribution in [1.82, 2.24) is 5.32 Å². The molecule has 2 aromatic carbocycles. The van der Waals surface area contributed by atoms with Crippen LogP contribution < -0.4 is 5.32 Å². The van der Waals surface area contributed by atoms with Gasteiger partial charge in [-0.25, -0.2) is 4.79 Å². The summed E-state index contributed by atoms with van der Waals surface area (Å²) in [6.07, 6.45) is -3.72. The van der Waals surface area contributed by atoms with Crippen molar-refractivity contribution < 1.29 is 24.7 Å². The third-order valence-corrected chi connectivity index (χ3v) is 3.73. The minimum Gasteiger partial charge on any atom is -0.445 e. The summed E-state index contributed by atoms with van der Waals surface area (Å²) >= 11 is 0. The van der Waals surface area contributed by atoms with E-state index in [1.165, 1.54) is 12.1 Å². The first-order valence-corrected chi connectivity index (χ1v) is 7.94. The molecule has 0 aromatic heterocycles. The van der Waals surface area contributed by atoms with Gasteiger partial charge in [-0.15, -0.1) is 0 Å². The maximum absolute atomic E-state index is 11.7. The Balaban J connectivity index is 1.90. The number of aryl methyl sites for hydroxylation is 1. The zero-order valence-electron chi connectivity index (χ0n) is 14.2. The van der Waals surface area contributed by atoms with Crippen LogP contribution in [0.2, 0.25) is 0 Å². The maximum Gasteiger partial charge on any atom is 0.407 e. The van der Waals surface area contributed by atoms with Crippen LogP contribution >= 0.6 is 0 Å². The molecular weight excluding hydrogens is 340 g/mol. The van der Waals surface area contributed by atoms with Gasteiger partial charge in [0.2, 0.25) is 0 Å². The van der Waals surface area contributed by atoms with Crippen molar-refractivity contribution in [3.05, 3.63) is 75.3 Å². The van der Waals surface area contributed by atoms with E-state index >= 15 is 0 Å². The van der Waals surface area contributed by atoms with Crippen molar-refractivity contribution in [2.45, 2.75) is 25.7 Å². The molecule has 0 spiro atoms. The van der Waals surface area contributed by atoms with E-state index in [1.807, 2.05) is 18.2 Å². The number of benzene rings is 2. The highest BCUT2D eigenvalue weighted by atomic mass is 16.6. The molecule has 0 fully saturated rings. The number of hydrogen-bond donors (Lipinski definition) is 3. The average Bonchev–Trinajstić information content (AvgIpc) is 2.64. The lowest BCUT2D eigenvalue weighted by Gasteiger charge is -2.18. The molecule has 2 rings (SSSR count). The number of carbonyl (C=O) groups excluding carboxylic acids is 1. The molecule has 0 saturated carbocycles. The van der Waals surface area contributed by atoms with Crippen molar-refractivity contribution in [2.75, 3.05) is 6.54 Å². The first kappa shape index (κ1) is 19.4. The summed E-state index contributed by atoms with van der Waals surface area (Å²) in [5.41, 5.74) is 1.15. The molecule has 2 atom stereocenters. The van der Waals surface area contributed by atoms with Crippen LogP contribution in [0.5, 0.6) is 0 Å². The molecule has 0 aliphatic heterocycles. The Morgan fingerprint density at radius 3 is 2.58 bits per heavy atom. The Morgan fingerprint density at radius 2 is 1.92 bits per heavy atom. The zero-order valence-corrected chi connectivity index (χ0v) is 14.2. The summed E-state index contributed by atoms with van der Waals surface area (Å²) in [5, 5.41) is 33.7. The highest BCUT2D eigenvalue weighted by Crippen LogP contribution is 2.28. The molecule has 2 aromatic rings. The van der Waals surface area contributed by atoms with Gasteiger partial charge in [0.05, 0.1) is 10.5 Å². The number of amides is 1. The van der Waals surface area contributed by atoms with E-state index in [1.54, 1.807) is 25.1 Å². The largest absolute Gasteiger partial charge is 0.445 e. The minimum atomic E-state index is -1.52. The predicted octanol–water partition coefficient (Wildman–Crippen LogP) is 2.22. The molecule has 2 unspecified atom stereocenters. The summed E-state index contributed by atoms with van der Waals surface area (Å²) in [7, 11) is 0. The van der Waals surface area contributed by atoms with Crippen LogP contribution in [0.3, 0.4) is 0 Å². The second-order valence-electron chi connectivity index (χ2n) is 5.77. The lowest BCUT2D eigenvalue weighted by molar-refractivity contribution is -0.386. The molecule has 0 bridgehead atoms. The number of hydrogen-bond acceptors (Lipinski definition) is 6. The van der Waals surface area contributed by atoms with Crippen LogP contribution in [-0.4, -0.2) is 33.9 Å². The fraction of sp³-hybridized carbons (Fsp3) is 0.278. The molecule has 0 radical (unpaired) electrons. The van der Waals surface area contributed by atoms with Crippen LogP contribution in [0, 0.1) is 17.0 Å². The van der Waals surface area contributed by atoms with E-state index in [4.69, 9.17) is 4.74 Å². The molecule has 8 heteroatoms. The number of nitro benzene ring substituents is 1. The van der Waals surface area contributed by atoms with Gasteiger partial charge in [-0.2, -0.15) is 0 Å². The molecule has 0 aliphatic carbocycles. The standard InChI is InChI=1S/C18H20N2O6/c1-12-7-8-14(15(9-12)20(24)25)17(22)16(21)10-19-18(23)26-11-13-5-3-2-4-6-13/h2-9,16-17,21-22H,10-11H2,1H3,(H,19,23). The lowest BCUT2D eigenvalue weighted by Crippen LogP contribution is -2.36. The first-order chi connectivity index (χ1) is 12.4. The summed E-state index contributed by atoms with van der Waals surface area (Å²) in [4.78, 5) is 22.2. The highest BCUT2D eigenvalue weighted by molar-refractivity contribution is 5.67. The lowest BCUT2D eigenvalue weighted by atomic mass is 10.0. The first-order valence-electron chi connectivity index (χ1n) is 7.94. The van der Waals surface area contributed by atoms with Gasteiger partial charge in [-0.05, 0) is 24.1 Å². The van der Waals surface area contributed by atoms with E-state index in [0.29, 0.717) is 5.56 Å². The SMILES string of the molecule is Cc1ccc(C(O)C(O)CNC(=O)OCc2ccccc2)c([N+](=O)[O-])c1. The van der Waals surface area contributed by atoms with Crippen LogP contribution in [0.15, 0.2) is 48.5 Å². The molecular formula is C18H20N2O6. The number of carbonyl (C=O) groups is 1. The number of nitrogens with one attached hydrogen (secondary N) is 1. The van der Waals surface area contributed by atoms with Crippen molar-refractivity contribution in [3.8, 4) is 0 Å². The Bertz CT molecular complexity index is 766. The average molecular weight is 360 g/mol. The van der Waals surface area contributed by atoms with Crippen LogP contribution in [0.25, 0.3) is 0 Å². The Hall–Kier alpha value is -2.97. The van der Waals surface area contributed by atoms with Crippen LogP contribution in [0.1, 0.15) is 22.8 Å². The summed E-state index contributed by atoms with van der Waals surface area (Å²) in [6, 6.07) is 13.3. The van der Waals surface area contributed by atoms with Gasteiger partial charge in [0.25, 0.3) is 5.69 Å². The van der Waals surface area contributed by atoms with E-state index in [2.05, 4.69) is 5.32 Å². The number of nitrogens with zero attached hydrogens (tertiary/aromatic N) is 1. The maximum atomic E-state index is 11.7. The molecule has 0 saturated heterocycles. The van der Waals surface area contributed by atoms with Crippen molar-refractivity contribution >= 4 is 11.8 Å².